The van der Waals surface area contributed by atoms with E-state index in [-0.39, 0.29) is 23.9 Å². The van der Waals surface area contributed by atoms with Gasteiger partial charge >= 0.3 is 5.97 Å². The molecule has 7 heteroatoms. The van der Waals surface area contributed by atoms with Gasteiger partial charge < -0.3 is 4.74 Å². The molecule has 2 aromatic carbocycles. The van der Waals surface area contributed by atoms with Crippen LogP contribution in [-0.2, 0) is 16.1 Å². The Labute approximate surface area is 176 Å². The molecule has 0 amide bonds. The summed E-state index contributed by atoms with van der Waals surface area (Å²) in [6.45, 7) is 1.83. The number of halogens is 1. The van der Waals surface area contributed by atoms with Gasteiger partial charge in [-0.15, -0.1) is 11.8 Å². The predicted molar refractivity (Wildman–Crippen MR) is 116 cm³/mol. The normalized spacial score (nSPS) is 11.1. The van der Waals surface area contributed by atoms with Gasteiger partial charge in [-0.05, 0) is 36.1 Å². The summed E-state index contributed by atoms with van der Waals surface area (Å²) in [4.78, 5) is 29.8. The van der Waals surface area contributed by atoms with Crippen LogP contribution in [0.15, 0.2) is 70.5 Å². The molecule has 0 aliphatic carbocycles. The van der Waals surface area contributed by atoms with Gasteiger partial charge in [-0.2, -0.15) is 0 Å². The number of carbonyl (C=O) groups excluding carboxylic acids is 1. The molecule has 0 saturated carbocycles. The maximum Gasteiger partial charge on any atom is 0.316 e. The van der Waals surface area contributed by atoms with Crippen LogP contribution in [0.1, 0.15) is 11.3 Å². The molecule has 146 valence electrons. The van der Waals surface area contributed by atoms with E-state index in [1.165, 1.54) is 22.2 Å². The number of aryl methyl sites for hydroxylation is 1. The van der Waals surface area contributed by atoms with E-state index < -0.39 is 0 Å². The highest BCUT2D eigenvalue weighted by molar-refractivity contribution is 8.00. The van der Waals surface area contributed by atoms with Gasteiger partial charge in [-0.25, -0.2) is 4.98 Å². The number of hydrogen-bond donors (Lipinski definition) is 0. The van der Waals surface area contributed by atoms with E-state index in [1.54, 1.807) is 12.3 Å². The Kier molecular flexibility index (Phi) is 5.56. The zero-order valence-corrected chi connectivity index (χ0v) is 17.2. The molecule has 0 spiro atoms. The molecule has 0 bridgehead atoms. The lowest BCUT2D eigenvalue weighted by atomic mass is 10.1. The van der Waals surface area contributed by atoms with E-state index in [0.717, 1.165) is 21.2 Å². The predicted octanol–water partition coefficient (Wildman–Crippen LogP) is 4.65. The van der Waals surface area contributed by atoms with Crippen LogP contribution < -0.4 is 5.56 Å². The van der Waals surface area contributed by atoms with Crippen molar-refractivity contribution in [2.45, 2.75) is 18.4 Å². The summed E-state index contributed by atoms with van der Waals surface area (Å²) >= 11 is 7.69. The van der Waals surface area contributed by atoms with Crippen LogP contribution in [0, 0.1) is 6.92 Å². The smallest absolute Gasteiger partial charge is 0.316 e. The Hall–Kier alpha value is -2.83. The Morgan fingerprint density at radius 1 is 1.17 bits per heavy atom. The second-order valence-corrected chi connectivity index (χ2v) is 7.94. The lowest BCUT2D eigenvalue weighted by Crippen LogP contribution is -2.17. The molecular weight excluding hydrogens is 408 g/mol. The molecule has 0 unspecified atom stereocenters. The van der Waals surface area contributed by atoms with Gasteiger partial charge in [0, 0.05) is 27.6 Å². The van der Waals surface area contributed by atoms with E-state index in [4.69, 9.17) is 16.3 Å². The highest BCUT2D eigenvalue weighted by Gasteiger charge is 2.11. The fourth-order valence-corrected chi connectivity index (χ4v) is 4.34. The number of pyridine rings is 1. The maximum absolute atomic E-state index is 12.2. The molecule has 2 heterocycles. The molecule has 29 heavy (non-hydrogen) atoms. The minimum Gasteiger partial charge on any atom is -0.459 e. The highest BCUT2D eigenvalue weighted by atomic mass is 35.5. The van der Waals surface area contributed by atoms with Crippen LogP contribution in [0.2, 0.25) is 5.02 Å². The molecule has 0 aliphatic heterocycles. The maximum atomic E-state index is 12.2. The number of thioether (sulfide) groups is 1. The van der Waals surface area contributed by atoms with Crippen molar-refractivity contribution in [1.29, 1.82) is 0 Å². The van der Waals surface area contributed by atoms with Gasteiger partial charge in [0.1, 0.15) is 12.3 Å². The number of esters is 1. The minimum absolute atomic E-state index is 0.0459. The molecule has 0 radical (unpaired) electrons. The zero-order chi connectivity index (χ0) is 20.4. The van der Waals surface area contributed by atoms with E-state index >= 15 is 0 Å². The van der Waals surface area contributed by atoms with Crippen molar-refractivity contribution in [2.75, 3.05) is 5.75 Å². The molecule has 0 fully saturated rings. The lowest BCUT2D eigenvalue weighted by molar-refractivity contribution is -0.141. The Balaban J connectivity index is 1.45. The van der Waals surface area contributed by atoms with Crippen LogP contribution in [0.5, 0.6) is 0 Å². The van der Waals surface area contributed by atoms with Crippen LogP contribution in [0.25, 0.3) is 16.4 Å². The number of fused-ring (bicyclic) bond motifs is 2. The first-order chi connectivity index (χ1) is 14.0. The van der Waals surface area contributed by atoms with Gasteiger partial charge in [0.25, 0.3) is 5.56 Å². The topological polar surface area (TPSA) is 60.7 Å². The van der Waals surface area contributed by atoms with Crippen LogP contribution in [0.4, 0.5) is 0 Å². The fourth-order valence-electron chi connectivity index (χ4n) is 3.10. The van der Waals surface area contributed by atoms with Crippen molar-refractivity contribution in [3.63, 3.8) is 0 Å². The first kappa shape index (κ1) is 19.5. The monoisotopic (exact) mass is 424 g/mol. The molecule has 0 saturated heterocycles. The standard InChI is InChI=1S/C22H17ClN2O3S/c1-14-5-4-10-25-19(26)11-16(24-22(14)25)12-28-20(27)13-29-18-9-3-7-15-6-2-8-17(23)21(15)18/h2-11H,12-13H2,1H3. The third-order valence-electron chi connectivity index (χ3n) is 4.48. The van der Waals surface area contributed by atoms with E-state index in [1.807, 2.05) is 49.4 Å². The summed E-state index contributed by atoms with van der Waals surface area (Å²) < 4.78 is 6.81. The summed E-state index contributed by atoms with van der Waals surface area (Å²) in [6, 6.07) is 16.6. The number of ether oxygens (including phenoxy) is 1. The van der Waals surface area contributed by atoms with Crippen molar-refractivity contribution >= 4 is 45.8 Å². The summed E-state index contributed by atoms with van der Waals surface area (Å²) in [7, 11) is 0. The first-order valence-electron chi connectivity index (χ1n) is 8.96. The van der Waals surface area contributed by atoms with Crippen molar-refractivity contribution in [2.24, 2.45) is 0 Å². The van der Waals surface area contributed by atoms with Gasteiger partial charge in [-0.3, -0.25) is 14.0 Å². The average molecular weight is 425 g/mol. The fraction of sp³-hybridized carbons (Fsp3) is 0.136. The molecule has 0 N–H and O–H groups in total. The molecule has 0 atom stereocenters. The second-order valence-electron chi connectivity index (χ2n) is 6.51. The van der Waals surface area contributed by atoms with Gasteiger partial charge in [-0.1, -0.05) is 41.9 Å². The van der Waals surface area contributed by atoms with Crippen molar-refractivity contribution in [3.05, 3.63) is 87.4 Å². The quantitative estimate of drug-likeness (QED) is 0.345. The third-order valence-corrected chi connectivity index (χ3v) is 5.83. The van der Waals surface area contributed by atoms with Gasteiger partial charge in [0.05, 0.1) is 11.4 Å². The van der Waals surface area contributed by atoms with Crippen molar-refractivity contribution in [1.82, 2.24) is 9.38 Å². The minimum atomic E-state index is -0.383. The SMILES string of the molecule is Cc1cccn2c(=O)cc(COC(=O)CSc3cccc4cccc(Cl)c34)nc12. The van der Waals surface area contributed by atoms with Crippen molar-refractivity contribution < 1.29 is 9.53 Å². The third kappa shape index (κ3) is 4.13. The molecule has 4 aromatic rings. The average Bonchev–Trinajstić information content (AvgIpc) is 2.71. The Morgan fingerprint density at radius 2 is 1.97 bits per heavy atom. The van der Waals surface area contributed by atoms with E-state index in [9.17, 15) is 9.59 Å². The molecule has 5 nitrogen and oxygen atoms in total. The number of aromatic nitrogens is 2. The summed E-state index contributed by atoms with van der Waals surface area (Å²) in [5, 5.41) is 2.59. The number of benzene rings is 2. The summed E-state index contributed by atoms with van der Waals surface area (Å²) in [6.07, 6.45) is 1.67. The van der Waals surface area contributed by atoms with Crippen LogP contribution in [-0.4, -0.2) is 21.1 Å². The van der Waals surface area contributed by atoms with E-state index in [2.05, 4.69) is 4.98 Å². The van der Waals surface area contributed by atoms with Crippen LogP contribution >= 0.6 is 23.4 Å². The summed E-state index contributed by atoms with van der Waals surface area (Å²) in [5.74, 6) is -0.249. The molecular formula is C22H17ClN2O3S. The number of nitrogens with zero attached hydrogens (tertiary/aromatic N) is 2. The second kappa shape index (κ2) is 8.27. The largest absolute Gasteiger partial charge is 0.459 e. The lowest BCUT2D eigenvalue weighted by Gasteiger charge is -2.09. The zero-order valence-electron chi connectivity index (χ0n) is 15.6. The number of carbonyl (C=O) groups is 1. The van der Waals surface area contributed by atoms with Gasteiger partial charge in [0.2, 0.25) is 0 Å². The van der Waals surface area contributed by atoms with Crippen LogP contribution in [0.3, 0.4) is 0 Å². The molecule has 0 aliphatic rings. The van der Waals surface area contributed by atoms with E-state index in [0.29, 0.717) is 16.4 Å². The first-order valence-corrected chi connectivity index (χ1v) is 10.3. The van der Waals surface area contributed by atoms with Crippen molar-refractivity contribution in [3.8, 4) is 0 Å². The Bertz CT molecular complexity index is 1280. The van der Waals surface area contributed by atoms with Gasteiger partial charge in [0.15, 0.2) is 0 Å². The number of rotatable bonds is 5. The number of hydrogen-bond acceptors (Lipinski definition) is 5. The highest BCUT2D eigenvalue weighted by Crippen LogP contribution is 2.33. The summed E-state index contributed by atoms with van der Waals surface area (Å²) in [5.41, 5.74) is 1.66. The molecule has 2 aromatic heterocycles. The Morgan fingerprint density at radius 3 is 2.79 bits per heavy atom. The molecule has 4 rings (SSSR count).